The Morgan fingerprint density at radius 2 is 2.14 bits per heavy atom. The third-order valence-corrected chi connectivity index (χ3v) is 4.68. The fourth-order valence-electron chi connectivity index (χ4n) is 2.57. The molecule has 0 aliphatic carbocycles. The summed E-state index contributed by atoms with van der Waals surface area (Å²) in [6.45, 7) is 7.90. The topological polar surface area (TPSA) is 130 Å². The summed E-state index contributed by atoms with van der Waals surface area (Å²) < 4.78 is 1.75. The predicted molar refractivity (Wildman–Crippen MR) is 112 cm³/mol. The lowest BCUT2D eigenvalue weighted by atomic mass is 10.2. The molecule has 0 aliphatic heterocycles. The maximum atomic E-state index is 12.1. The molecule has 154 valence electrons. The number of amides is 1. The van der Waals surface area contributed by atoms with Crippen molar-refractivity contribution in [1.29, 1.82) is 0 Å². The van der Waals surface area contributed by atoms with Gasteiger partial charge >= 0.3 is 0 Å². The van der Waals surface area contributed by atoms with E-state index >= 15 is 0 Å². The Morgan fingerprint density at radius 3 is 2.83 bits per heavy atom. The van der Waals surface area contributed by atoms with Crippen molar-refractivity contribution >= 4 is 34.5 Å². The molecule has 0 atom stereocenters. The molecule has 0 saturated heterocycles. The van der Waals surface area contributed by atoms with E-state index in [9.17, 15) is 9.59 Å². The molecule has 0 saturated carbocycles. The van der Waals surface area contributed by atoms with Crippen LogP contribution >= 0.6 is 11.8 Å². The van der Waals surface area contributed by atoms with Crippen LogP contribution in [-0.4, -0.2) is 54.7 Å². The maximum Gasteiger partial charge on any atom is 0.271 e. The minimum Gasteiger partial charge on any atom is -0.369 e. The predicted octanol–water partition coefficient (Wildman–Crippen LogP) is 1.52. The summed E-state index contributed by atoms with van der Waals surface area (Å²) in [5.74, 6) is 1.75. The Kier molecular flexibility index (Phi) is 6.81. The number of hydrogen-bond donors (Lipinski definition) is 3. The van der Waals surface area contributed by atoms with Crippen LogP contribution in [0.1, 0.15) is 31.3 Å². The van der Waals surface area contributed by atoms with E-state index in [0.717, 1.165) is 29.1 Å². The van der Waals surface area contributed by atoms with Gasteiger partial charge in [-0.3, -0.25) is 9.59 Å². The highest BCUT2D eigenvalue weighted by Gasteiger charge is 2.14. The van der Waals surface area contributed by atoms with Crippen LogP contribution in [0.15, 0.2) is 28.3 Å². The number of hydrogen-bond acceptors (Lipinski definition) is 8. The van der Waals surface area contributed by atoms with Crippen molar-refractivity contribution in [3.63, 3.8) is 0 Å². The molecule has 11 heteroatoms. The molecule has 0 unspecified atom stereocenters. The van der Waals surface area contributed by atoms with Gasteiger partial charge in [0, 0.05) is 19.2 Å². The van der Waals surface area contributed by atoms with E-state index in [1.54, 1.807) is 22.6 Å². The zero-order valence-electron chi connectivity index (χ0n) is 16.6. The number of rotatable bonds is 9. The van der Waals surface area contributed by atoms with Gasteiger partial charge < -0.3 is 10.6 Å². The summed E-state index contributed by atoms with van der Waals surface area (Å²) in [7, 11) is 0. The molecule has 3 aromatic rings. The zero-order chi connectivity index (χ0) is 20.8. The van der Waals surface area contributed by atoms with Gasteiger partial charge in [-0.15, -0.1) is 0 Å². The standard InChI is InChI=1S/C18H24N8O2S/c1-4-29-18-22-15(20-9-11(2)3)12-10-21-26(16(12)23-18)8-7-19-17(28)13-5-6-14(27)25-24-13/h5-6,10-11H,4,7-9H2,1-3H3,(H,19,28)(H,25,27)(H,20,22,23). The van der Waals surface area contributed by atoms with E-state index in [4.69, 9.17) is 0 Å². The van der Waals surface area contributed by atoms with Crippen molar-refractivity contribution in [3.8, 4) is 0 Å². The van der Waals surface area contributed by atoms with E-state index in [2.05, 4.69) is 56.7 Å². The Hall–Kier alpha value is -2.95. The van der Waals surface area contributed by atoms with Crippen molar-refractivity contribution in [2.45, 2.75) is 32.5 Å². The Bertz CT molecular complexity index is 1030. The van der Waals surface area contributed by atoms with Gasteiger partial charge in [0.25, 0.3) is 11.5 Å². The smallest absolute Gasteiger partial charge is 0.271 e. The molecule has 3 aromatic heterocycles. The summed E-state index contributed by atoms with van der Waals surface area (Å²) in [5, 5.41) is 18.1. The Morgan fingerprint density at radius 1 is 1.31 bits per heavy atom. The van der Waals surface area contributed by atoms with E-state index in [1.807, 2.05) is 0 Å². The fraction of sp³-hybridized carbons (Fsp3) is 0.444. The van der Waals surface area contributed by atoms with Crippen LogP contribution in [0.4, 0.5) is 5.82 Å². The summed E-state index contributed by atoms with van der Waals surface area (Å²) in [4.78, 5) is 32.4. The van der Waals surface area contributed by atoms with Crippen LogP contribution in [0, 0.1) is 5.92 Å². The molecule has 3 rings (SSSR count). The van der Waals surface area contributed by atoms with Gasteiger partial charge in [0.15, 0.2) is 10.8 Å². The first-order chi connectivity index (χ1) is 14.0. The Balaban J connectivity index is 1.74. The number of aromatic amines is 1. The van der Waals surface area contributed by atoms with Crippen LogP contribution in [0.2, 0.25) is 0 Å². The summed E-state index contributed by atoms with van der Waals surface area (Å²) in [6, 6.07) is 2.64. The first-order valence-corrected chi connectivity index (χ1v) is 10.4. The van der Waals surface area contributed by atoms with Gasteiger partial charge in [0.2, 0.25) is 0 Å². The molecular formula is C18H24N8O2S. The third-order valence-electron chi connectivity index (χ3n) is 3.95. The fourth-order valence-corrected chi connectivity index (χ4v) is 3.13. The van der Waals surface area contributed by atoms with Crippen LogP contribution < -0.4 is 16.2 Å². The molecule has 3 heterocycles. The largest absolute Gasteiger partial charge is 0.369 e. The number of carbonyl (C=O) groups excluding carboxylic acids is 1. The number of nitrogens with one attached hydrogen (secondary N) is 3. The van der Waals surface area contributed by atoms with Crippen molar-refractivity contribution in [3.05, 3.63) is 34.4 Å². The summed E-state index contributed by atoms with van der Waals surface area (Å²) >= 11 is 1.57. The summed E-state index contributed by atoms with van der Waals surface area (Å²) in [5.41, 5.74) is 0.518. The number of nitrogens with zero attached hydrogens (tertiary/aromatic N) is 5. The molecular weight excluding hydrogens is 392 g/mol. The first-order valence-electron chi connectivity index (χ1n) is 9.42. The third kappa shape index (κ3) is 5.31. The Labute approximate surface area is 171 Å². The van der Waals surface area contributed by atoms with Crippen LogP contribution in [-0.2, 0) is 6.54 Å². The second kappa shape index (κ2) is 9.50. The molecule has 0 bridgehead atoms. The lowest BCUT2D eigenvalue weighted by Crippen LogP contribution is -2.29. The number of H-pyrrole nitrogens is 1. The minimum atomic E-state index is -0.367. The van der Waals surface area contributed by atoms with Crippen LogP contribution in [0.5, 0.6) is 0 Å². The molecule has 1 amide bonds. The van der Waals surface area contributed by atoms with Gasteiger partial charge in [0.1, 0.15) is 11.5 Å². The van der Waals surface area contributed by atoms with E-state index in [1.165, 1.54) is 12.1 Å². The van der Waals surface area contributed by atoms with Gasteiger partial charge in [-0.05, 0) is 17.7 Å². The molecule has 0 fully saturated rings. The SMILES string of the molecule is CCSc1nc(NCC(C)C)c2cnn(CCNC(=O)c3ccc(=O)[nH]n3)c2n1. The lowest BCUT2D eigenvalue weighted by Gasteiger charge is -2.11. The molecule has 0 radical (unpaired) electrons. The van der Waals surface area contributed by atoms with Gasteiger partial charge in [0.05, 0.1) is 18.1 Å². The number of aromatic nitrogens is 6. The summed E-state index contributed by atoms with van der Waals surface area (Å²) in [6.07, 6.45) is 1.74. The molecule has 0 aliphatic rings. The van der Waals surface area contributed by atoms with E-state index in [-0.39, 0.29) is 17.2 Å². The quantitative estimate of drug-likeness (QED) is 0.353. The molecule has 10 nitrogen and oxygen atoms in total. The van der Waals surface area contributed by atoms with Gasteiger partial charge in [-0.25, -0.2) is 19.7 Å². The highest BCUT2D eigenvalue weighted by molar-refractivity contribution is 7.99. The molecule has 0 spiro atoms. The van der Waals surface area contributed by atoms with Crippen LogP contribution in [0.25, 0.3) is 11.0 Å². The molecule has 3 N–H and O–H groups in total. The molecule has 29 heavy (non-hydrogen) atoms. The van der Waals surface area contributed by atoms with Crippen molar-refractivity contribution in [1.82, 2.24) is 35.3 Å². The number of anilines is 1. The number of thioether (sulfide) groups is 1. The van der Waals surface area contributed by atoms with Crippen molar-refractivity contribution < 1.29 is 4.79 Å². The molecule has 0 aromatic carbocycles. The maximum absolute atomic E-state index is 12.1. The zero-order valence-corrected chi connectivity index (χ0v) is 17.4. The second-order valence-electron chi connectivity index (χ2n) is 6.73. The average molecular weight is 417 g/mol. The normalized spacial score (nSPS) is 11.2. The number of carbonyl (C=O) groups is 1. The van der Waals surface area contributed by atoms with Crippen molar-refractivity contribution in [2.75, 3.05) is 24.2 Å². The van der Waals surface area contributed by atoms with E-state index < -0.39 is 0 Å². The van der Waals surface area contributed by atoms with E-state index in [0.29, 0.717) is 24.2 Å². The average Bonchev–Trinajstić information content (AvgIpc) is 3.10. The lowest BCUT2D eigenvalue weighted by molar-refractivity contribution is 0.0946. The first kappa shape index (κ1) is 20.8. The van der Waals surface area contributed by atoms with Crippen LogP contribution in [0.3, 0.4) is 0 Å². The van der Waals surface area contributed by atoms with Gasteiger partial charge in [-0.2, -0.15) is 10.2 Å². The second-order valence-corrected chi connectivity index (χ2v) is 7.96. The van der Waals surface area contributed by atoms with Crippen molar-refractivity contribution in [2.24, 2.45) is 5.92 Å². The minimum absolute atomic E-state index is 0.152. The monoisotopic (exact) mass is 416 g/mol. The highest BCUT2D eigenvalue weighted by atomic mass is 32.2. The number of fused-ring (bicyclic) bond motifs is 1. The highest BCUT2D eigenvalue weighted by Crippen LogP contribution is 2.24. The van der Waals surface area contributed by atoms with Gasteiger partial charge in [-0.1, -0.05) is 32.5 Å².